The Balaban J connectivity index is 1.66. The van der Waals surface area contributed by atoms with E-state index in [2.05, 4.69) is 15.3 Å². The van der Waals surface area contributed by atoms with Crippen molar-refractivity contribution in [2.75, 3.05) is 31.2 Å². The molecule has 1 saturated heterocycles. The number of benzene rings is 1. The molecule has 0 bridgehead atoms. The lowest BCUT2D eigenvalue weighted by atomic mass is 10.0. The highest BCUT2D eigenvalue weighted by Gasteiger charge is 2.17. The van der Waals surface area contributed by atoms with Gasteiger partial charge in [-0.05, 0) is 24.1 Å². The third-order valence-electron chi connectivity index (χ3n) is 4.18. The minimum absolute atomic E-state index is 0.188. The smallest absolute Gasteiger partial charge is 0.254 e. The van der Waals surface area contributed by atoms with Crippen molar-refractivity contribution in [1.82, 2.24) is 15.3 Å². The molecule has 0 aliphatic carbocycles. The van der Waals surface area contributed by atoms with Crippen LogP contribution >= 0.6 is 0 Å². The SMILES string of the molecule is CC[C@@H](NC(=O)c1cnc(N2CCOCC2)nc1)c1ccc(F)cc1. The van der Waals surface area contributed by atoms with Crippen LogP contribution in [0.15, 0.2) is 36.7 Å². The van der Waals surface area contributed by atoms with Crippen molar-refractivity contribution in [1.29, 1.82) is 0 Å². The van der Waals surface area contributed by atoms with Crippen LogP contribution in [0.2, 0.25) is 0 Å². The van der Waals surface area contributed by atoms with Gasteiger partial charge in [0.2, 0.25) is 5.95 Å². The van der Waals surface area contributed by atoms with E-state index in [9.17, 15) is 9.18 Å². The predicted molar refractivity (Wildman–Crippen MR) is 92.0 cm³/mol. The van der Waals surface area contributed by atoms with Gasteiger partial charge in [-0.2, -0.15) is 0 Å². The maximum atomic E-state index is 13.1. The number of nitrogens with zero attached hydrogens (tertiary/aromatic N) is 3. The Bertz CT molecular complexity index is 700. The van der Waals surface area contributed by atoms with E-state index in [0.717, 1.165) is 18.7 Å². The zero-order chi connectivity index (χ0) is 17.6. The Kier molecular flexibility index (Phi) is 5.55. The minimum Gasteiger partial charge on any atom is -0.378 e. The fourth-order valence-corrected chi connectivity index (χ4v) is 2.72. The Morgan fingerprint density at radius 3 is 2.48 bits per heavy atom. The van der Waals surface area contributed by atoms with Crippen LogP contribution in [0, 0.1) is 5.82 Å². The number of carbonyl (C=O) groups is 1. The summed E-state index contributed by atoms with van der Waals surface area (Å²) in [5.74, 6) is 0.0622. The van der Waals surface area contributed by atoms with Crippen LogP contribution in [0.3, 0.4) is 0 Å². The number of morpholine rings is 1. The van der Waals surface area contributed by atoms with Gasteiger partial charge in [-0.15, -0.1) is 0 Å². The third kappa shape index (κ3) is 4.30. The van der Waals surface area contributed by atoms with Gasteiger partial charge in [0.1, 0.15) is 5.82 Å². The van der Waals surface area contributed by atoms with Gasteiger partial charge in [0.05, 0.1) is 24.8 Å². The molecule has 2 heterocycles. The molecule has 0 spiro atoms. The van der Waals surface area contributed by atoms with E-state index in [-0.39, 0.29) is 17.8 Å². The zero-order valence-corrected chi connectivity index (χ0v) is 14.1. The highest BCUT2D eigenvalue weighted by Crippen LogP contribution is 2.18. The molecule has 25 heavy (non-hydrogen) atoms. The molecule has 2 aromatic rings. The molecule has 1 aliphatic heterocycles. The van der Waals surface area contributed by atoms with Crippen molar-refractivity contribution in [3.8, 4) is 0 Å². The van der Waals surface area contributed by atoms with Crippen LogP contribution < -0.4 is 10.2 Å². The third-order valence-corrected chi connectivity index (χ3v) is 4.18. The molecule has 1 aliphatic rings. The van der Waals surface area contributed by atoms with Gasteiger partial charge < -0.3 is 15.0 Å². The molecule has 132 valence electrons. The number of rotatable bonds is 5. The van der Waals surface area contributed by atoms with Gasteiger partial charge >= 0.3 is 0 Å². The first-order valence-corrected chi connectivity index (χ1v) is 8.38. The van der Waals surface area contributed by atoms with Gasteiger partial charge in [0.25, 0.3) is 5.91 Å². The number of hydrogen-bond acceptors (Lipinski definition) is 5. The van der Waals surface area contributed by atoms with E-state index < -0.39 is 0 Å². The average Bonchev–Trinajstić information content (AvgIpc) is 2.67. The van der Waals surface area contributed by atoms with Crippen LogP contribution in [0.25, 0.3) is 0 Å². The molecule has 1 aromatic heterocycles. The number of hydrogen-bond donors (Lipinski definition) is 1. The van der Waals surface area contributed by atoms with Crippen molar-refractivity contribution >= 4 is 11.9 Å². The fraction of sp³-hybridized carbons (Fsp3) is 0.389. The number of carbonyl (C=O) groups excluding carboxylic acids is 1. The first-order chi connectivity index (χ1) is 12.2. The second-order valence-electron chi connectivity index (χ2n) is 5.86. The molecular formula is C18H21FN4O2. The van der Waals surface area contributed by atoms with Gasteiger partial charge in [0.15, 0.2) is 0 Å². The molecule has 6 nitrogen and oxygen atoms in total. The van der Waals surface area contributed by atoms with E-state index in [0.29, 0.717) is 31.1 Å². The first-order valence-electron chi connectivity index (χ1n) is 8.38. The standard InChI is InChI=1S/C18H21FN4O2/c1-2-16(13-3-5-15(19)6-4-13)22-17(24)14-11-20-18(21-12-14)23-7-9-25-10-8-23/h3-6,11-12,16H,2,7-10H2,1H3,(H,22,24)/t16-/m1/s1. The molecule has 0 saturated carbocycles. The Hall–Kier alpha value is -2.54. The normalized spacial score (nSPS) is 15.7. The highest BCUT2D eigenvalue weighted by molar-refractivity contribution is 5.93. The summed E-state index contributed by atoms with van der Waals surface area (Å²) in [5.41, 5.74) is 1.26. The molecule has 3 rings (SSSR count). The predicted octanol–water partition coefficient (Wildman–Crippen LogP) is 2.33. The Morgan fingerprint density at radius 2 is 1.88 bits per heavy atom. The molecule has 7 heteroatoms. The Morgan fingerprint density at radius 1 is 1.24 bits per heavy atom. The van der Waals surface area contributed by atoms with Crippen LogP contribution in [-0.2, 0) is 4.74 Å². The summed E-state index contributed by atoms with van der Waals surface area (Å²) in [7, 11) is 0. The van der Waals surface area contributed by atoms with E-state index in [1.54, 1.807) is 12.1 Å². The van der Waals surface area contributed by atoms with Crippen molar-refractivity contribution in [2.24, 2.45) is 0 Å². The van der Waals surface area contributed by atoms with Gasteiger partial charge in [-0.1, -0.05) is 19.1 Å². The maximum Gasteiger partial charge on any atom is 0.254 e. The summed E-state index contributed by atoms with van der Waals surface area (Å²) in [5, 5.41) is 2.94. The number of nitrogens with one attached hydrogen (secondary N) is 1. The van der Waals surface area contributed by atoms with Crippen molar-refractivity contribution in [3.05, 3.63) is 53.6 Å². The lowest BCUT2D eigenvalue weighted by molar-refractivity contribution is 0.0934. The summed E-state index contributed by atoms with van der Waals surface area (Å²) in [6, 6.07) is 5.96. The number of amides is 1. The monoisotopic (exact) mass is 344 g/mol. The second kappa shape index (κ2) is 8.02. The lowest BCUT2D eigenvalue weighted by Gasteiger charge is -2.26. The van der Waals surface area contributed by atoms with Gasteiger partial charge in [-0.25, -0.2) is 14.4 Å². The largest absolute Gasteiger partial charge is 0.378 e. The number of aromatic nitrogens is 2. The molecule has 1 amide bonds. The van der Waals surface area contributed by atoms with Crippen LogP contribution in [0.4, 0.5) is 10.3 Å². The number of halogens is 1. The molecule has 1 N–H and O–H groups in total. The molecule has 0 unspecified atom stereocenters. The van der Waals surface area contributed by atoms with E-state index in [1.807, 2.05) is 11.8 Å². The number of ether oxygens (including phenoxy) is 1. The molecule has 1 fully saturated rings. The van der Waals surface area contributed by atoms with E-state index >= 15 is 0 Å². The van der Waals surface area contributed by atoms with Gasteiger partial charge in [-0.3, -0.25) is 4.79 Å². The highest BCUT2D eigenvalue weighted by atomic mass is 19.1. The Labute approximate surface area is 146 Å². The summed E-state index contributed by atoms with van der Waals surface area (Å²) in [4.78, 5) is 23.0. The van der Waals surface area contributed by atoms with Crippen LogP contribution in [0.5, 0.6) is 0 Å². The summed E-state index contributed by atoms with van der Waals surface area (Å²) in [6.07, 6.45) is 3.76. The van der Waals surface area contributed by atoms with Crippen molar-refractivity contribution < 1.29 is 13.9 Å². The molecule has 1 aromatic carbocycles. The summed E-state index contributed by atoms with van der Waals surface area (Å²) < 4.78 is 18.4. The first kappa shape index (κ1) is 17.3. The maximum absolute atomic E-state index is 13.1. The van der Waals surface area contributed by atoms with Crippen LogP contribution in [-0.4, -0.2) is 42.2 Å². The second-order valence-corrected chi connectivity index (χ2v) is 5.86. The molecule has 0 radical (unpaired) electrons. The zero-order valence-electron chi connectivity index (χ0n) is 14.1. The summed E-state index contributed by atoms with van der Waals surface area (Å²) in [6.45, 7) is 4.76. The minimum atomic E-state index is -0.294. The quantitative estimate of drug-likeness (QED) is 0.902. The summed E-state index contributed by atoms with van der Waals surface area (Å²) >= 11 is 0. The average molecular weight is 344 g/mol. The van der Waals surface area contributed by atoms with Crippen molar-refractivity contribution in [3.63, 3.8) is 0 Å². The van der Waals surface area contributed by atoms with Gasteiger partial charge in [0, 0.05) is 25.5 Å². The van der Waals surface area contributed by atoms with Crippen LogP contribution in [0.1, 0.15) is 35.3 Å². The van der Waals surface area contributed by atoms with E-state index in [4.69, 9.17) is 4.74 Å². The lowest BCUT2D eigenvalue weighted by Crippen LogP contribution is -2.37. The topological polar surface area (TPSA) is 67.4 Å². The van der Waals surface area contributed by atoms with Crippen molar-refractivity contribution in [2.45, 2.75) is 19.4 Å². The number of anilines is 1. The van der Waals surface area contributed by atoms with E-state index in [1.165, 1.54) is 24.5 Å². The molecular weight excluding hydrogens is 323 g/mol. The molecule has 1 atom stereocenters. The fourth-order valence-electron chi connectivity index (χ4n) is 2.72.